The summed E-state index contributed by atoms with van der Waals surface area (Å²) in [6.45, 7) is 8.25. The molecule has 0 amide bonds. The van der Waals surface area contributed by atoms with Crippen molar-refractivity contribution in [2.75, 3.05) is 7.11 Å². The van der Waals surface area contributed by atoms with E-state index in [-0.39, 0.29) is 5.41 Å². The summed E-state index contributed by atoms with van der Waals surface area (Å²) in [7, 11) is 1.71. The van der Waals surface area contributed by atoms with E-state index < -0.39 is 0 Å². The number of hydrogen-bond acceptors (Lipinski definition) is 2. The molecule has 2 nitrogen and oxygen atoms in total. The zero-order valence-electron chi connectivity index (χ0n) is 14.6. The third kappa shape index (κ3) is 2.60. The van der Waals surface area contributed by atoms with E-state index in [0.29, 0.717) is 12.2 Å². The minimum absolute atomic E-state index is 0.196. The van der Waals surface area contributed by atoms with Crippen molar-refractivity contribution in [3.05, 3.63) is 34.9 Å². The van der Waals surface area contributed by atoms with Gasteiger partial charge in [-0.2, -0.15) is 0 Å². The number of benzene rings is 1. The van der Waals surface area contributed by atoms with Crippen molar-refractivity contribution in [1.82, 2.24) is 0 Å². The molecule has 0 fully saturated rings. The van der Waals surface area contributed by atoms with Crippen LogP contribution in [0.15, 0.2) is 23.8 Å². The maximum absolute atomic E-state index is 12.1. The number of hydrogen-bond donors (Lipinski definition) is 0. The second kappa shape index (κ2) is 6.68. The van der Waals surface area contributed by atoms with E-state index in [9.17, 15) is 4.79 Å². The van der Waals surface area contributed by atoms with E-state index in [0.717, 1.165) is 30.6 Å². The normalized spacial score (nSPS) is 22.7. The van der Waals surface area contributed by atoms with Crippen molar-refractivity contribution < 1.29 is 9.53 Å². The fourth-order valence-electron chi connectivity index (χ4n) is 4.14. The first-order valence-electron chi connectivity index (χ1n) is 8.53. The molecule has 1 atom stereocenters. The quantitative estimate of drug-likeness (QED) is 0.767. The summed E-state index contributed by atoms with van der Waals surface area (Å²) in [5.41, 5.74) is 5.15. The second-order valence-corrected chi connectivity index (χ2v) is 6.15. The van der Waals surface area contributed by atoms with Crippen molar-refractivity contribution in [1.29, 1.82) is 0 Å². The molecule has 0 aliphatic heterocycles. The fraction of sp³-hybridized carbons (Fsp3) is 0.550. The summed E-state index contributed by atoms with van der Waals surface area (Å²) in [6, 6.07) is 6.30. The van der Waals surface area contributed by atoms with E-state index >= 15 is 0 Å². The predicted molar refractivity (Wildman–Crippen MR) is 92.2 cm³/mol. The highest BCUT2D eigenvalue weighted by molar-refractivity contribution is 6.06. The number of carbonyl (C=O) groups is 1. The zero-order valence-corrected chi connectivity index (χ0v) is 14.6. The minimum atomic E-state index is 0.196. The van der Waals surface area contributed by atoms with Gasteiger partial charge in [0.05, 0.1) is 7.11 Å². The van der Waals surface area contributed by atoms with Gasteiger partial charge in [-0.05, 0) is 60.6 Å². The number of methoxy groups -OCH3 is 1. The fourth-order valence-corrected chi connectivity index (χ4v) is 4.14. The van der Waals surface area contributed by atoms with Crippen LogP contribution in [0.3, 0.4) is 0 Å². The molecule has 0 spiro atoms. The third-order valence-corrected chi connectivity index (χ3v) is 4.99. The molecule has 0 heterocycles. The lowest BCUT2D eigenvalue weighted by atomic mass is 9.67. The van der Waals surface area contributed by atoms with Crippen LogP contribution in [-0.2, 0) is 11.2 Å². The molecule has 0 N–H and O–H groups in total. The van der Waals surface area contributed by atoms with Gasteiger partial charge in [0.25, 0.3) is 0 Å². The Labute approximate surface area is 134 Å². The number of rotatable bonds is 3. The Hall–Kier alpha value is -1.57. The van der Waals surface area contributed by atoms with Crippen LogP contribution in [0.25, 0.3) is 5.57 Å². The molecule has 0 aromatic heterocycles. The average molecular weight is 300 g/mol. The van der Waals surface area contributed by atoms with Crippen LogP contribution in [-0.4, -0.2) is 12.9 Å². The Morgan fingerprint density at radius 1 is 1.27 bits per heavy atom. The zero-order chi connectivity index (χ0) is 16.3. The Bertz CT molecular complexity index is 598. The molecule has 0 saturated carbocycles. The molecule has 1 aromatic carbocycles. The van der Waals surface area contributed by atoms with Crippen LogP contribution in [0, 0.1) is 5.41 Å². The predicted octanol–water partition coefficient (Wildman–Crippen LogP) is 5.20. The molecule has 22 heavy (non-hydrogen) atoms. The van der Waals surface area contributed by atoms with Crippen LogP contribution < -0.4 is 4.74 Å². The Kier molecular flexibility index (Phi) is 5.10. The van der Waals surface area contributed by atoms with Gasteiger partial charge in [-0.1, -0.05) is 33.3 Å². The molecule has 2 aliphatic rings. The van der Waals surface area contributed by atoms with Crippen molar-refractivity contribution in [2.45, 2.75) is 59.8 Å². The van der Waals surface area contributed by atoms with Crippen LogP contribution in [0.4, 0.5) is 0 Å². The van der Waals surface area contributed by atoms with E-state index in [1.807, 2.05) is 26.8 Å². The van der Waals surface area contributed by atoms with Gasteiger partial charge in [-0.3, -0.25) is 4.79 Å². The monoisotopic (exact) mass is 300 g/mol. The van der Waals surface area contributed by atoms with E-state index in [1.54, 1.807) is 7.11 Å². The van der Waals surface area contributed by atoms with Crippen LogP contribution in [0.2, 0.25) is 0 Å². The molecular formula is C20H28O2. The van der Waals surface area contributed by atoms with E-state index in [4.69, 9.17) is 4.74 Å². The van der Waals surface area contributed by atoms with Gasteiger partial charge < -0.3 is 4.74 Å². The van der Waals surface area contributed by atoms with E-state index in [2.05, 4.69) is 19.1 Å². The highest BCUT2D eigenvalue weighted by Crippen LogP contribution is 2.56. The van der Waals surface area contributed by atoms with Crippen LogP contribution in [0.5, 0.6) is 5.75 Å². The number of ether oxygens (including phenoxy) is 1. The van der Waals surface area contributed by atoms with Gasteiger partial charge >= 0.3 is 0 Å². The average Bonchev–Trinajstić information content (AvgIpc) is 2.87. The molecule has 0 saturated heterocycles. The first-order chi connectivity index (χ1) is 10.6. The third-order valence-electron chi connectivity index (χ3n) is 4.99. The summed E-state index contributed by atoms with van der Waals surface area (Å²) in [4.78, 5) is 12.1. The summed E-state index contributed by atoms with van der Waals surface area (Å²) in [5, 5.41) is 0. The molecule has 0 bridgehead atoms. The van der Waals surface area contributed by atoms with Gasteiger partial charge in [0, 0.05) is 11.8 Å². The van der Waals surface area contributed by atoms with Gasteiger partial charge in [0.2, 0.25) is 0 Å². The van der Waals surface area contributed by atoms with Gasteiger partial charge in [0.15, 0.2) is 5.78 Å². The molecule has 120 valence electrons. The molecule has 1 unspecified atom stereocenters. The molecule has 3 rings (SSSR count). The lowest BCUT2D eigenvalue weighted by molar-refractivity contribution is -0.116. The first-order valence-corrected chi connectivity index (χ1v) is 8.53. The van der Waals surface area contributed by atoms with Crippen molar-refractivity contribution in [3.63, 3.8) is 0 Å². The van der Waals surface area contributed by atoms with Crippen molar-refractivity contribution >= 4 is 11.4 Å². The Balaban J connectivity index is 0.000000847. The number of fused-ring (bicyclic) bond motifs is 3. The Morgan fingerprint density at radius 3 is 2.64 bits per heavy atom. The van der Waals surface area contributed by atoms with Crippen LogP contribution in [0.1, 0.15) is 64.5 Å². The number of Topliss-reactive ketones (excluding diaryl/α,β-unsaturated/α-hetero) is 1. The number of carbonyl (C=O) groups excluding carboxylic acids is 1. The standard InChI is InChI=1S/C18H22O2.C2H6/c1-4-8-18-9-7-16(19)12(2)17(18)15-6-5-14(20-3)10-13(15)11-18;1-2/h5-6,10H,4,7-9,11H2,1-3H3;1-2H3. The topological polar surface area (TPSA) is 26.3 Å². The number of ketones is 1. The van der Waals surface area contributed by atoms with Crippen molar-refractivity contribution in [3.8, 4) is 5.75 Å². The summed E-state index contributed by atoms with van der Waals surface area (Å²) >= 11 is 0. The largest absolute Gasteiger partial charge is 0.497 e. The lowest BCUT2D eigenvalue weighted by Crippen LogP contribution is -2.27. The SMILES string of the molecule is CC.CCCC12CCC(=O)C(C)=C1c1ccc(OC)cc1C2. The molecule has 1 aromatic rings. The van der Waals surface area contributed by atoms with Gasteiger partial charge in [-0.25, -0.2) is 0 Å². The highest BCUT2D eigenvalue weighted by atomic mass is 16.5. The minimum Gasteiger partial charge on any atom is -0.497 e. The molecular weight excluding hydrogens is 272 g/mol. The highest BCUT2D eigenvalue weighted by Gasteiger charge is 2.45. The maximum Gasteiger partial charge on any atom is 0.158 e. The summed E-state index contributed by atoms with van der Waals surface area (Å²) in [6.07, 6.45) is 5.11. The van der Waals surface area contributed by atoms with Gasteiger partial charge in [-0.15, -0.1) is 0 Å². The van der Waals surface area contributed by atoms with Gasteiger partial charge in [0.1, 0.15) is 5.75 Å². The molecule has 2 heteroatoms. The lowest BCUT2D eigenvalue weighted by Gasteiger charge is -2.35. The second-order valence-electron chi connectivity index (χ2n) is 6.15. The number of allylic oxidation sites excluding steroid dienone is 2. The smallest absolute Gasteiger partial charge is 0.158 e. The van der Waals surface area contributed by atoms with E-state index in [1.165, 1.54) is 23.1 Å². The Morgan fingerprint density at radius 2 is 2.00 bits per heavy atom. The molecule has 0 radical (unpaired) electrons. The summed E-state index contributed by atoms with van der Waals surface area (Å²) < 4.78 is 5.35. The first kappa shape index (κ1) is 16.8. The maximum atomic E-state index is 12.1. The molecule has 2 aliphatic carbocycles. The van der Waals surface area contributed by atoms with Crippen LogP contribution >= 0.6 is 0 Å². The van der Waals surface area contributed by atoms with Crippen molar-refractivity contribution in [2.24, 2.45) is 5.41 Å². The summed E-state index contributed by atoms with van der Waals surface area (Å²) in [5.74, 6) is 1.24.